The van der Waals surface area contributed by atoms with E-state index in [1.165, 1.54) is 4.68 Å². The zero-order valence-electron chi connectivity index (χ0n) is 12.6. The van der Waals surface area contributed by atoms with Gasteiger partial charge >= 0.3 is 5.76 Å². The molecule has 0 fully saturated rings. The Labute approximate surface area is 124 Å². The highest BCUT2D eigenvalue weighted by molar-refractivity contribution is 6.76. The Hall–Kier alpha value is -1.86. The Morgan fingerprint density at radius 2 is 2.05 bits per heavy atom. The van der Waals surface area contributed by atoms with Crippen molar-refractivity contribution in [1.82, 2.24) is 9.78 Å². The number of benzene rings is 1. The van der Waals surface area contributed by atoms with Crippen LogP contribution in [0.5, 0.6) is 0 Å². The van der Waals surface area contributed by atoms with Crippen LogP contribution in [0.1, 0.15) is 0 Å². The maximum Gasteiger partial charge on any atom is 0.439 e. The van der Waals surface area contributed by atoms with Gasteiger partial charge in [0.2, 0.25) is 0 Å². The molecule has 6 nitrogen and oxygen atoms in total. The van der Waals surface area contributed by atoms with E-state index in [9.17, 15) is 4.79 Å². The minimum atomic E-state index is -1.14. The van der Waals surface area contributed by atoms with Crippen LogP contribution in [0.4, 0.5) is 5.69 Å². The number of nitrogens with zero attached hydrogens (tertiary/aromatic N) is 2. The molecule has 0 amide bonds. The molecule has 0 bridgehead atoms. The summed E-state index contributed by atoms with van der Waals surface area (Å²) in [6, 6.07) is 8.16. The number of rotatable bonds is 6. The van der Waals surface area contributed by atoms with E-state index < -0.39 is 13.8 Å². The Morgan fingerprint density at radius 3 is 2.71 bits per heavy atom. The number of hydrogen-bond donors (Lipinski definition) is 1. The first-order valence-corrected chi connectivity index (χ1v) is 10.6. The van der Waals surface area contributed by atoms with Gasteiger partial charge in [-0.3, -0.25) is 0 Å². The molecule has 0 saturated carbocycles. The van der Waals surface area contributed by atoms with E-state index in [1.54, 1.807) is 12.1 Å². The number of para-hydroxylation sites is 1. The molecule has 0 saturated heterocycles. The van der Waals surface area contributed by atoms with Crippen LogP contribution in [-0.4, -0.2) is 24.5 Å². The summed E-state index contributed by atoms with van der Waals surface area (Å²) in [4.78, 5) is 11.7. The molecule has 2 N–H and O–H groups in total. The summed E-state index contributed by atoms with van der Waals surface area (Å²) in [6.07, 6.45) is 0. The lowest BCUT2D eigenvalue weighted by Crippen LogP contribution is -2.23. The molecule has 1 aromatic heterocycles. The summed E-state index contributed by atoms with van der Waals surface area (Å²) in [5, 5.41) is 4.12. The number of hydrogen-bond acceptors (Lipinski definition) is 5. The molecule has 0 aliphatic heterocycles. The highest BCUT2D eigenvalue weighted by Gasteiger charge is 2.14. The van der Waals surface area contributed by atoms with Crippen molar-refractivity contribution in [2.45, 2.75) is 32.4 Å². The van der Waals surface area contributed by atoms with Gasteiger partial charge in [-0.2, -0.15) is 4.68 Å². The topological polar surface area (TPSA) is 83.3 Å². The Bertz CT molecular complexity index is 658. The van der Waals surface area contributed by atoms with Gasteiger partial charge in [0.1, 0.15) is 6.73 Å². The first-order chi connectivity index (χ1) is 9.87. The van der Waals surface area contributed by atoms with Gasteiger partial charge in [0.15, 0.2) is 0 Å². The van der Waals surface area contributed by atoms with Crippen LogP contribution in [0.2, 0.25) is 25.7 Å². The third kappa shape index (κ3) is 4.30. The van der Waals surface area contributed by atoms with Gasteiger partial charge in [-0.05, 0) is 18.2 Å². The van der Waals surface area contributed by atoms with Crippen LogP contribution in [0.25, 0.3) is 11.5 Å². The van der Waals surface area contributed by atoms with E-state index >= 15 is 0 Å². The van der Waals surface area contributed by atoms with Crippen molar-refractivity contribution < 1.29 is 9.15 Å². The SMILES string of the molecule is C[Si](C)(C)CCOCn1nc(-c2ccccc2N)oc1=O. The third-order valence-corrected chi connectivity index (χ3v) is 4.71. The van der Waals surface area contributed by atoms with E-state index in [0.29, 0.717) is 17.9 Å². The summed E-state index contributed by atoms with van der Waals surface area (Å²) in [7, 11) is -1.14. The molecule has 1 aromatic carbocycles. The number of ether oxygens (including phenoxy) is 1. The second-order valence-corrected chi connectivity index (χ2v) is 11.7. The van der Waals surface area contributed by atoms with Gasteiger partial charge in [0, 0.05) is 20.4 Å². The smallest absolute Gasteiger partial charge is 0.398 e. The third-order valence-electron chi connectivity index (χ3n) is 3.01. The van der Waals surface area contributed by atoms with Gasteiger partial charge in [-0.1, -0.05) is 31.8 Å². The van der Waals surface area contributed by atoms with E-state index in [0.717, 1.165) is 6.04 Å². The Morgan fingerprint density at radius 1 is 1.33 bits per heavy atom. The number of nitrogens with two attached hydrogens (primary N) is 1. The fraction of sp³-hybridized carbons (Fsp3) is 0.429. The molecule has 1 heterocycles. The first-order valence-electron chi connectivity index (χ1n) is 6.87. The quantitative estimate of drug-likeness (QED) is 0.503. The molecule has 2 rings (SSSR count). The molecule has 21 heavy (non-hydrogen) atoms. The van der Waals surface area contributed by atoms with Crippen LogP contribution < -0.4 is 11.5 Å². The van der Waals surface area contributed by atoms with Crippen LogP contribution in [0.3, 0.4) is 0 Å². The highest BCUT2D eigenvalue weighted by Crippen LogP contribution is 2.22. The van der Waals surface area contributed by atoms with Crippen molar-refractivity contribution in [3.8, 4) is 11.5 Å². The molecule has 0 spiro atoms. The van der Waals surface area contributed by atoms with Crippen LogP contribution in [-0.2, 0) is 11.5 Å². The van der Waals surface area contributed by atoms with Crippen molar-refractivity contribution in [2.75, 3.05) is 12.3 Å². The predicted octanol–water partition coefficient (Wildman–Crippen LogP) is 2.40. The van der Waals surface area contributed by atoms with Gasteiger partial charge in [0.05, 0.1) is 5.56 Å². The lowest BCUT2D eigenvalue weighted by molar-refractivity contribution is 0.0740. The molecule has 0 aliphatic carbocycles. The van der Waals surface area contributed by atoms with Crippen molar-refractivity contribution >= 4 is 13.8 Å². The molecule has 0 aliphatic rings. The van der Waals surface area contributed by atoms with Crippen molar-refractivity contribution in [2.24, 2.45) is 0 Å². The van der Waals surface area contributed by atoms with Gasteiger partial charge in [-0.15, -0.1) is 5.10 Å². The standard InChI is InChI=1S/C14H21N3O3Si/c1-21(2,3)9-8-19-10-17-14(18)20-13(16-17)11-6-4-5-7-12(11)15/h4-7H,8-10,15H2,1-3H3. The minimum absolute atomic E-state index is 0.0968. The van der Waals surface area contributed by atoms with Crippen LogP contribution >= 0.6 is 0 Å². The van der Waals surface area contributed by atoms with Gasteiger partial charge in [0.25, 0.3) is 5.89 Å². The van der Waals surface area contributed by atoms with E-state index in [4.69, 9.17) is 14.9 Å². The van der Waals surface area contributed by atoms with Gasteiger partial charge in [-0.25, -0.2) is 4.79 Å². The molecule has 0 unspecified atom stereocenters. The molecule has 2 aromatic rings. The van der Waals surface area contributed by atoms with E-state index in [1.807, 2.05) is 12.1 Å². The first kappa shape index (κ1) is 15.5. The lowest BCUT2D eigenvalue weighted by atomic mass is 10.2. The average molecular weight is 307 g/mol. The largest absolute Gasteiger partial charge is 0.439 e. The normalized spacial score (nSPS) is 11.8. The maximum absolute atomic E-state index is 11.7. The number of nitrogen functional groups attached to an aromatic ring is 1. The summed E-state index contributed by atoms with van der Waals surface area (Å²) in [5.74, 6) is -0.326. The predicted molar refractivity (Wildman–Crippen MR) is 84.7 cm³/mol. The Balaban J connectivity index is 2.03. The van der Waals surface area contributed by atoms with Gasteiger partial charge < -0.3 is 14.9 Å². The summed E-state index contributed by atoms with van der Waals surface area (Å²) in [5.41, 5.74) is 6.97. The monoisotopic (exact) mass is 307 g/mol. The maximum atomic E-state index is 11.7. The van der Waals surface area contributed by atoms with Crippen LogP contribution in [0.15, 0.2) is 33.5 Å². The van der Waals surface area contributed by atoms with E-state index in [-0.39, 0.29) is 12.6 Å². The van der Waals surface area contributed by atoms with Crippen molar-refractivity contribution in [1.29, 1.82) is 0 Å². The van der Waals surface area contributed by atoms with Crippen molar-refractivity contribution in [3.63, 3.8) is 0 Å². The minimum Gasteiger partial charge on any atom is -0.398 e. The fourth-order valence-corrected chi connectivity index (χ4v) is 2.47. The van der Waals surface area contributed by atoms with Crippen molar-refractivity contribution in [3.05, 3.63) is 34.8 Å². The fourth-order valence-electron chi connectivity index (χ4n) is 1.72. The highest BCUT2D eigenvalue weighted by atomic mass is 28.3. The average Bonchev–Trinajstić information content (AvgIpc) is 2.75. The second kappa shape index (κ2) is 6.27. The number of anilines is 1. The molecule has 114 valence electrons. The summed E-state index contributed by atoms with van der Waals surface area (Å²) < 4.78 is 11.8. The number of aromatic nitrogens is 2. The molecule has 0 atom stereocenters. The molecule has 7 heteroatoms. The molecule has 0 radical (unpaired) electrons. The molecular weight excluding hydrogens is 286 g/mol. The van der Waals surface area contributed by atoms with E-state index in [2.05, 4.69) is 24.7 Å². The Kier molecular flexibility index (Phi) is 4.64. The zero-order valence-corrected chi connectivity index (χ0v) is 13.6. The lowest BCUT2D eigenvalue weighted by Gasteiger charge is -2.14. The molecular formula is C14H21N3O3Si. The second-order valence-electron chi connectivity index (χ2n) is 6.11. The van der Waals surface area contributed by atoms with Crippen LogP contribution in [0, 0.1) is 0 Å². The summed E-state index contributed by atoms with van der Waals surface area (Å²) >= 11 is 0. The zero-order chi connectivity index (χ0) is 15.5. The summed E-state index contributed by atoms with van der Waals surface area (Å²) in [6.45, 7) is 7.54.